The summed E-state index contributed by atoms with van der Waals surface area (Å²) in [6, 6.07) is 5.65. The first-order valence-electron chi connectivity index (χ1n) is 4.36. The van der Waals surface area contributed by atoms with Crippen molar-refractivity contribution in [2.75, 3.05) is 13.4 Å². The zero-order valence-corrected chi connectivity index (χ0v) is 9.54. The Morgan fingerprint density at radius 1 is 1.60 bits per heavy atom. The van der Waals surface area contributed by atoms with Crippen molar-refractivity contribution in [1.82, 2.24) is 0 Å². The second kappa shape index (κ2) is 5.50. The third-order valence-corrected chi connectivity index (χ3v) is 2.58. The number of nitrogens with zero attached hydrogens (tertiary/aromatic N) is 1. The molecule has 0 saturated carbocycles. The van der Waals surface area contributed by atoms with Crippen molar-refractivity contribution in [1.29, 1.82) is 0 Å². The zero-order valence-electron chi connectivity index (χ0n) is 8.73. The van der Waals surface area contributed by atoms with Crippen molar-refractivity contribution in [3.8, 4) is 5.75 Å². The van der Waals surface area contributed by atoms with Crippen molar-refractivity contribution in [3.05, 3.63) is 29.3 Å². The molecule has 0 radical (unpaired) electrons. The predicted molar refractivity (Wildman–Crippen MR) is 62.7 cm³/mol. The summed E-state index contributed by atoms with van der Waals surface area (Å²) in [4.78, 5) is 0. The van der Waals surface area contributed by atoms with Gasteiger partial charge >= 0.3 is 0 Å². The first kappa shape index (κ1) is 11.7. The van der Waals surface area contributed by atoms with Crippen molar-refractivity contribution in [2.45, 2.75) is 5.75 Å². The summed E-state index contributed by atoms with van der Waals surface area (Å²) >= 11 is 1.71. The van der Waals surface area contributed by atoms with E-state index in [1.165, 1.54) is 0 Å². The number of rotatable bonds is 4. The van der Waals surface area contributed by atoms with E-state index >= 15 is 0 Å². The number of hydrogen-bond donors (Lipinski definition) is 2. The van der Waals surface area contributed by atoms with Gasteiger partial charge in [-0.15, -0.1) is 0 Å². The van der Waals surface area contributed by atoms with Gasteiger partial charge in [-0.3, -0.25) is 0 Å². The van der Waals surface area contributed by atoms with E-state index in [0.717, 1.165) is 11.3 Å². The Balaban J connectivity index is 3.13. The van der Waals surface area contributed by atoms with Crippen LogP contribution < -0.4 is 10.5 Å². The molecule has 1 aromatic carbocycles. The van der Waals surface area contributed by atoms with E-state index in [9.17, 15) is 0 Å². The smallest absolute Gasteiger partial charge is 0.173 e. The third-order valence-electron chi connectivity index (χ3n) is 1.96. The van der Waals surface area contributed by atoms with Crippen LogP contribution in [0.1, 0.15) is 11.1 Å². The van der Waals surface area contributed by atoms with Crippen LogP contribution in [-0.2, 0) is 5.75 Å². The zero-order chi connectivity index (χ0) is 11.3. The SMILES string of the molecule is COc1ccc(CSC)cc1C(N)=NO. The highest BCUT2D eigenvalue weighted by Crippen LogP contribution is 2.21. The van der Waals surface area contributed by atoms with Gasteiger partial charge in [0.1, 0.15) is 5.75 Å². The molecule has 0 bridgehead atoms. The highest BCUT2D eigenvalue weighted by atomic mass is 32.2. The molecule has 0 spiro atoms. The summed E-state index contributed by atoms with van der Waals surface area (Å²) in [7, 11) is 1.55. The highest BCUT2D eigenvalue weighted by Gasteiger charge is 2.08. The van der Waals surface area contributed by atoms with Crippen LogP contribution in [0.25, 0.3) is 0 Å². The molecule has 82 valence electrons. The molecule has 5 heteroatoms. The minimum atomic E-state index is 0.0646. The minimum Gasteiger partial charge on any atom is -0.496 e. The van der Waals surface area contributed by atoms with Gasteiger partial charge in [-0.25, -0.2) is 0 Å². The van der Waals surface area contributed by atoms with Crippen LogP contribution in [0.4, 0.5) is 0 Å². The van der Waals surface area contributed by atoms with Gasteiger partial charge in [-0.1, -0.05) is 11.2 Å². The van der Waals surface area contributed by atoms with Crippen LogP contribution in [0.15, 0.2) is 23.4 Å². The van der Waals surface area contributed by atoms with E-state index in [1.54, 1.807) is 18.9 Å². The fourth-order valence-electron chi connectivity index (χ4n) is 1.27. The lowest BCUT2D eigenvalue weighted by Gasteiger charge is -2.08. The first-order valence-corrected chi connectivity index (χ1v) is 5.76. The predicted octanol–water partition coefficient (Wildman–Crippen LogP) is 1.65. The maximum atomic E-state index is 8.63. The standard InChI is InChI=1S/C10H14N2O2S/c1-14-9-4-3-7(6-15-2)5-8(9)10(11)12-13/h3-5,13H,6H2,1-2H3,(H2,11,12). The fraction of sp³-hybridized carbons (Fsp3) is 0.300. The van der Waals surface area contributed by atoms with E-state index < -0.39 is 0 Å². The van der Waals surface area contributed by atoms with Gasteiger partial charge < -0.3 is 15.7 Å². The largest absolute Gasteiger partial charge is 0.496 e. The maximum absolute atomic E-state index is 8.63. The molecule has 0 atom stereocenters. The molecule has 0 heterocycles. The normalized spacial score (nSPS) is 11.5. The van der Waals surface area contributed by atoms with Gasteiger partial charge in [0.15, 0.2) is 5.84 Å². The Kier molecular flexibility index (Phi) is 4.30. The van der Waals surface area contributed by atoms with Gasteiger partial charge in [0.05, 0.1) is 12.7 Å². The van der Waals surface area contributed by atoms with Gasteiger partial charge in [0.25, 0.3) is 0 Å². The lowest BCUT2D eigenvalue weighted by atomic mass is 10.1. The summed E-state index contributed by atoms with van der Waals surface area (Å²) in [6.45, 7) is 0. The summed E-state index contributed by atoms with van der Waals surface area (Å²) in [5.74, 6) is 1.56. The molecular formula is C10H14N2O2S. The maximum Gasteiger partial charge on any atom is 0.173 e. The molecule has 0 aliphatic carbocycles. The van der Waals surface area contributed by atoms with Crippen molar-refractivity contribution < 1.29 is 9.94 Å². The Morgan fingerprint density at radius 3 is 2.87 bits per heavy atom. The molecule has 3 N–H and O–H groups in total. The van der Waals surface area contributed by atoms with Gasteiger partial charge in [-0.05, 0) is 24.0 Å². The van der Waals surface area contributed by atoms with Crippen LogP contribution in [0.2, 0.25) is 0 Å². The second-order valence-corrected chi connectivity index (χ2v) is 3.82. The van der Waals surface area contributed by atoms with Gasteiger partial charge in [0, 0.05) is 5.75 Å². The van der Waals surface area contributed by atoms with Crippen LogP contribution in [0.3, 0.4) is 0 Å². The summed E-state index contributed by atoms with van der Waals surface area (Å²) in [5.41, 5.74) is 7.28. The number of oxime groups is 1. The molecule has 0 aliphatic heterocycles. The number of thioether (sulfide) groups is 1. The van der Waals surface area contributed by atoms with E-state index in [2.05, 4.69) is 5.16 Å². The van der Waals surface area contributed by atoms with E-state index in [-0.39, 0.29) is 5.84 Å². The molecular weight excluding hydrogens is 212 g/mol. The number of hydrogen-bond acceptors (Lipinski definition) is 4. The van der Waals surface area contributed by atoms with Crippen LogP contribution in [0, 0.1) is 0 Å². The quantitative estimate of drug-likeness (QED) is 0.354. The molecule has 1 rings (SSSR count). The van der Waals surface area contributed by atoms with Crippen molar-refractivity contribution in [2.24, 2.45) is 10.9 Å². The summed E-state index contributed by atoms with van der Waals surface area (Å²) in [5, 5.41) is 11.6. The van der Waals surface area contributed by atoms with Gasteiger partial charge in [-0.2, -0.15) is 11.8 Å². The Hall–Kier alpha value is -1.36. The molecule has 0 unspecified atom stereocenters. The average molecular weight is 226 g/mol. The number of ether oxygens (including phenoxy) is 1. The molecule has 0 fully saturated rings. The molecule has 4 nitrogen and oxygen atoms in total. The Morgan fingerprint density at radius 2 is 2.33 bits per heavy atom. The molecule has 15 heavy (non-hydrogen) atoms. The van der Waals surface area contributed by atoms with E-state index in [1.807, 2.05) is 24.5 Å². The molecule has 0 aromatic heterocycles. The number of benzene rings is 1. The van der Waals surface area contributed by atoms with Crippen LogP contribution >= 0.6 is 11.8 Å². The number of nitrogens with two attached hydrogens (primary N) is 1. The highest BCUT2D eigenvalue weighted by molar-refractivity contribution is 7.97. The Bertz CT molecular complexity index is 366. The lowest BCUT2D eigenvalue weighted by Crippen LogP contribution is -2.14. The number of methoxy groups -OCH3 is 1. The first-order chi connectivity index (χ1) is 7.22. The van der Waals surface area contributed by atoms with Crippen molar-refractivity contribution in [3.63, 3.8) is 0 Å². The third kappa shape index (κ3) is 2.79. The van der Waals surface area contributed by atoms with E-state index in [4.69, 9.17) is 15.7 Å². The summed E-state index contributed by atoms with van der Waals surface area (Å²) in [6.07, 6.45) is 2.02. The Labute approximate surface area is 93.1 Å². The van der Waals surface area contributed by atoms with Gasteiger partial charge in [0.2, 0.25) is 0 Å². The van der Waals surface area contributed by atoms with E-state index in [0.29, 0.717) is 11.3 Å². The second-order valence-electron chi connectivity index (χ2n) is 2.95. The monoisotopic (exact) mass is 226 g/mol. The summed E-state index contributed by atoms with van der Waals surface area (Å²) < 4.78 is 5.12. The molecule has 0 amide bonds. The number of amidine groups is 1. The van der Waals surface area contributed by atoms with Crippen molar-refractivity contribution >= 4 is 17.6 Å². The fourth-order valence-corrected chi connectivity index (χ4v) is 1.78. The topological polar surface area (TPSA) is 67.8 Å². The molecule has 0 aliphatic rings. The average Bonchev–Trinajstić information content (AvgIpc) is 2.28. The lowest BCUT2D eigenvalue weighted by molar-refractivity contribution is 0.318. The molecule has 1 aromatic rings. The minimum absolute atomic E-state index is 0.0646. The molecule has 0 saturated heterocycles. The van der Waals surface area contributed by atoms with Crippen LogP contribution in [0.5, 0.6) is 5.75 Å². The van der Waals surface area contributed by atoms with Crippen LogP contribution in [-0.4, -0.2) is 24.4 Å².